The van der Waals surface area contributed by atoms with Crippen LogP contribution in [0, 0.1) is 5.82 Å². The maximum absolute atomic E-state index is 13.3. The summed E-state index contributed by atoms with van der Waals surface area (Å²) in [4.78, 5) is 27.3. The molecule has 0 aromatic heterocycles. The monoisotopic (exact) mass is 545 g/mol. The zero-order valence-corrected chi connectivity index (χ0v) is 22.4. The average Bonchev–Trinajstić information content (AvgIpc) is 2.75. The lowest BCUT2D eigenvalue weighted by molar-refractivity contribution is -0.140. The van der Waals surface area contributed by atoms with Gasteiger partial charge in [-0.1, -0.05) is 29.3 Å². The van der Waals surface area contributed by atoms with Gasteiger partial charge in [0, 0.05) is 41.2 Å². The number of sulfonamides is 1. The topological polar surface area (TPSA) is 86.8 Å². The highest BCUT2D eigenvalue weighted by molar-refractivity contribution is 7.92. The SMILES string of the molecule is CC(C)NC(=O)[C@@H](C)N(Cc1c(Cl)cccc1Cl)C(=O)CCCN(c1ccc(F)cc1)S(C)(=O)=O. The summed E-state index contributed by atoms with van der Waals surface area (Å²) in [6.07, 6.45) is 1.19. The maximum Gasteiger partial charge on any atom is 0.242 e. The van der Waals surface area contributed by atoms with Crippen LogP contribution in [0.5, 0.6) is 0 Å². The van der Waals surface area contributed by atoms with E-state index in [1.165, 1.54) is 29.2 Å². The molecular formula is C24H30Cl2FN3O4S. The van der Waals surface area contributed by atoms with E-state index >= 15 is 0 Å². The Balaban J connectivity index is 2.22. The normalized spacial score (nSPS) is 12.3. The fourth-order valence-corrected chi connectivity index (χ4v) is 4.94. The van der Waals surface area contributed by atoms with Crippen LogP contribution in [-0.4, -0.2) is 50.0 Å². The molecule has 0 saturated carbocycles. The first-order valence-corrected chi connectivity index (χ1v) is 13.7. The van der Waals surface area contributed by atoms with Crippen molar-refractivity contribution in [1.29, 1.82) is 0 Å². The van der Waals surface area contributed by atoms with Crippen LogP contribution in [0.2, 0.25) is 10.0 Å². The van der Waals surface area contributed by atoms with Crippen LogP contribution in [0.4, 0.5) is 10.1 Å². The number of anilines is 1. The first-order chi connectivity index (χ1) is 16.3. The van der Waals surface area contributed by atoms with E-state index in [9.17, 15) is 22.4 Å². The van der Waals surface area contributed by atoms with E-state index in [-0.39, 0.29) is 43.8 Å². The lowest BCUT2D eigenvalue weighted by atomic mass is 10.1. The van der Waals surface area contributed by atoms with E-state index in [4.69, 9.17) is 23.2 Å². The second kappa shape index (κ2) is 12.6. The molecule has 0 aliphatic rings. The number of benzene rings is 2. The van der Waals surface area contributed by atoms with E-state index in [1.54, 1.807) is 25.1 Å². The van der Waals surface area contributed by atoms with Crippen molar-refractivity contribution in [1.82, 2.24) is 10.2 Å². The fraction of sp³-hybridized carbons (Fsp3) is 0.417. The molecule has 2 rings (SSSR count). The van der Waals surface area contributed by atoms with Crippen molar-refractivity contribution in [2.24, 2.45) is 0 Å². The molecule has 2 aromatic carbocycles. The minimum absolute atomic E-state index is 0.00344. The van der Waals surface area contributed by atoms with Crippen LogP contribution < -0.4 is 9.62 Å². The maximum atomic E-state index is 13.3. The predicted molar refractivity (Wildman–Crippen MR) is 138 cm³/mol. The predicted octanol–water partition coefficient (Wildman–Crippen LogP) is 4.62. The summed E-state index contributed by atoms with van der Waals surface area (Å²) in [7, 11) is -3.67. The van der Waals surface area contributed by atoms with Gasteiger partial charge in [0.25, 0.3) is 0 Å². The first-order valence-electron chi connectivity index (χ1n) is 11.1. The highest BCUT2D eigenvalue weighted by Gasteiger charge is 2.28. The molecule has 0 radical (unpaired) electrons. The molecule has 192 valence electrons. The summed E-state index contributed by atoms with van der Waals surface area (Å²) in [6, 6.07) is 9.11. The highest BCUT2D eigenvalue weighted by Crippen LogP contribution is 2.27. The number of nitrogens with zero attached hydrogens (tertiary/aromatic N) is 2. The second-order valence-corrected chi connectivity index (χ2v) is 11.2. The van der Waals surface area contributed by atoms with Crippen molar-refractivity contribution in [2.75, 3.05) is 17.1 Å². The zero-order chi connectivity index (χ0) is 26.3. The molecular weight excluding hydrogens is 516 g/mol. The Morgan fingerprint density at radius 2 is 1.60 bits per heavy atom. The van der Waals surface area contributed by atoms with Crippen molar-refractivity contribution in [3.05, 3.63) is 63.9 Å². The molecule has 0 spiro atoms. The number of halogens is 3. The number of carbonyl (C=O) groups is 2. The molecule has 2 aromatic rings. The number of carbonyl (C=O) groups excluding carboxylic acids is 2. The molecule has 0 heterocycles. The number of hydrogen-bond donors (Lipinski definition) is 1. The van der Waals surface area contributed by atoms with Crippen LogP contribution in [0.15, 0.2) is 42.5 Å². The highest BCUT2D eigenvalue weighted by atomic mass is 35.5. The van der Waals surface area contributed by atoms with Gasteiger partial charge in [-0.3, -0.25) is 13.9 Å². The van der Waals surface area contributed by atoms with Gasteiger partial charge in [0.15, 0.2) is 0 Å². The standard InChI is InChI=1S/C24H30Cl2FN3O4S/c1-16(2)28-24(32)17(3)29(15-20-21(25)7-5-8-22(20)26)23(31)9-6-14-30(35(4,33)34)19-12-10-18(27)11-13-19/h5,7-8,10-13,16-17H,6,9,14-15H2,1-4H3,(H,28,32)/t17-/m1/s1. The second-order valence-electron chi connectivity index (χ2n) is 8.48. The van der Waals surface area contributed by atoms with Crippen LogP contribution in [0.25, 0.3) is 0 Å². The minimum atomic E-state index is -3.67. The van der Waals surface area contributed by atoms with Crippen molar-refractivity contribution in [2.45, 2.75) is 52.2 Å². The van der Waals surface area contributed by atoms with Crippen LogP contribution in [0.1, 0.15) is 39.2 Å². The molecule has 0 unspecified atom stereocenters. The molecule has 0 aliphatic heterocycles. The lowest BCUT2D eigenvalue weighted by Crippen LogP contribution is -2.49. The summed E-state index contributed by atoms with van der Waals surface area (Å²) in [5, 5.41) is 3.53. The third kappa shape index (κ3) is 8.37. The summed E-state index contributed by atoms with van der Waals surface area (Å²) >= 11 is 12.6. The number of nitrogens with one attached hydrogen (secondary N) is 1. The Labute approximate surface area is 216 Å². The van der Waals surface area contributed by atoms with E-state index in [1.807, 2.05) is 13.8 Å². The Kier molecular flexibility index (Phi) is 10.4. The van der Waals surface area contributed by atoms with Gasteiger partial charge in [-0.05, 0) is 63.6 Å². The van der Waals surface area contributed by atoms with Gasteiger partial charge < -0.3 is 10.2 Å². The molecule has 0 fully saturated rings. The van der Waals surface area contributed by atoms with Crippen LogP contribution in [0.3, 0.4) is 0 Å². The minimum Gasteiger partial charge on any atom is -0.352 e. The number of rotatable bonds is 11. The summed E-state index contributed by atoms with van der Waals surface area (Å²) < 4.78 is 39.0. The molecule has 0 saturated heterocycles. The molecule has 35 heavy (non-hydrogen) atoms. The van der Waals surface area contributed by atoms with Crippen LogP contribution in [-0.2, 0) is 26.2 Å². The third-order valence-electron chi connectivity index (χ3n) is 5.26. The van der Waals surface area contributed by atoms with Gasteiger partial charge in [-0.25, -0.2) is 12.8 Å². The average molecular weight is 546 g/mol. The van der Waals surface area contributed by atoms with E-state index in [2.05, 4.69) is 5.32 Å². The summed E-state index contributed by atoms with van der Waals surface area (Å²) in [6.45, 7) is 5.26. The third-order valence-corrected chi connectivity index (χ3v) is 7.16. The fourth-order valence-electron chi connectivity index (χ4n) is 3.45. The molecule has 1 N–H and O–H groups in total. The largest absolute Gasteiger partial charge is 0.352 e. The molecule has 1 atom stereocenters. The Morgan fingerprint density at radius 1 is 1.03 bits per heavy atom. The van der Waals surface area contributed by atoms with Gasteiger partial charge in [0.2, 0.25) is 21.8 Å². The van der Waals surface area contributed by atoms with Gasteiger partial charge >= 0.3 is 0 Å². The van der Waals surface area contributed by atoms with Gasteiger partial charge in [0.05, 0.1) is 11.9 Å². The molecule has 2 amide bonds. The molecule has 0 aliphatic carbocycles. The van der Waals surface area contributed by atoms with Gasteiger partial charge in [0.1, 0.15) is 11.9 Å². The lowest BCUT2D eigenvalue weighted by Gasteiger charge is -2.30. The smallest absolute Gasteiger partial charge is 0.242 e. The number of hydrogen-bond acceptors (Lipinski definition) is 4. The first kappa shape index (κ1) is 28.9. The molecule has 7 nitrogen and oxygen atoms in total. The van der Waals surface area contributed by atoms with Crippen LogP contribution >= 0.6 is 23.2 Å². The van der Waals surface area contributed by atoms with Gasteiger partial charge in [-0.15, -0.1) is 0 Å². The Bertz CT molecular complexity index is 1120. The summed E-state index contributed by atoms with van der Waals surface area (Å²) in [5.41, 5.74) is 0.809. The number of amides is 2. The van der Waals surface area contributed by atoms with Crippen molar-refractivity contribution in [3.8, 4) is 0 Å². The summed E-state index contributed by atoms with van der Waals surface area (Å²) in [5.74, 6) is -1.18. The van der Waals surface area contributed by atoms with Gasteiger partial charge in [-0.2, -0.15) is 0 Å². The van der Waals surface area contributed by atoms with E-state index in [0.29, 0.717) is 21.3 Å². The zero-order valence-electron chi connectivity index (χ0n) is 20.1. The Hall–Kier alpha value is -2.36. The molecule has 11 heteroatoms. The van der Waals surface area contributed by atoms with E-state index in [0.717, 1.165) is 10.6 Å². The quantitative estimate of drug-likeness (QED) is 0.446. The van der Waals surface area contributed by atoms with Crippen molar-refractivity contribution < 1.29 is 22.4 Å². The van der Waals surface area contributed by atoms with Crippen molar-refractivity contribution >= 4 is 50.7 Å². The van der Waals surface area contributed by atoms with Crippen molar-refractivity contribution in [3.63, 3.8) is 0 Å². The molecule has 0 bridgehead atoms. The van der Waals surface area contributed by atoms with E-state index < -0.39 is 21.9 Å². The Morgan fingerprint density at radius 3 is 2.11 bits per heavy atom.